The third-order valence-corrected chi connectivity index (χ3v) is 6.56. The van der Waals surface area contributed by atoms with Gasteiger partial charge in [0.2, 0.25) is 0 Å². The fourth-order valence-corrected chi connectivity index (χ4v) is 5.34. The van der Waals surface area contributed by atoms with E-state index in [1.807, 2.05) is 0 Å². The molecular weight excluding hydrogens is 382 g/mol. The lowest BCUT2D eigenvalue weighted by atomic mass is 10.2. The van der Waals surface area contributed by atoms with Crippen LogP contribution in [-0.2, 0) is 19.9 Å². The highest BCUT2D eigenvalue weighted by molar-refractivity contribution is 7.95. The number of sulfone groups is 1. The van der Waals surface area contributed by atoms with Crippen LogP contribution < -0.4 is 4.72 Å². The zero-order valence-electron chi connectivity index (χ0n) is 12.9. The number of benzene rings is 2. The van der Waals surface area contributed by atoms with E-state index < -0.39 is 19.9 Å². The molecule has 0 spiro atoms. The molecule has 1 aromatic heterocycles. The van der Waals surface area contributed by atoms with E-state index in [4.69, 9.17) is 0 Å². The van der Waals surface area contributed by atoms with Gasteiger partial charge in [-0.25, -0.2) is 16.8 Å². The van der Waals surface area contributed by atoms with Crippen LogP contribution in [0.15, 0.2) is 63.7 Å². The van der Waals surface area contributed by atoms with Crippen molar-refractivity contribution in [2.45, 2.75) is 9.79 Å². The van der Waals surface area contributed by atoms with Gasteiger partial charge in [0, 0.05) is 22.9 Å². The molecule has 0 saturated heterocycles. The van der Waals surface area contributed by atoms with Gasteiger partial charge in [-0.05, 0) is 35.8 Å². The van der Waals surface area contributed by atoms with Gasteiger partial charge in [-0.2, -0.15) is 0 Å². The van der Waals surface area contributed by atoms with Gasteiger partial charge < -0.3 is 0 Å². The molecule has 0 aliphatic rings. The number of aromatic nitrogens is 2. The molecule has 0 aliphatic heterocycles. The zero-order valence-corrected chi connectivity index (χ0v) is 15.4. The summed E-state index contributed by atoms with van der Waals surface area (Å²) in [6.45, 7) is 0. The van der Waals surface area contributed by atoms with E-state index in [0.29, 0.717) is 11.4 Å². The van der Waals surface area contributed by atoms with Gasteiger partial charge in [0.25, 0.3) is 10.0 Å². The Morgan fingerprint density at radius 1 is 0.920 bits per heavy atom. The van der Waals surface area contributed by atoms with Crippen LogP contribution in [0.1, 0.15) is 0 Å². The van der Waals surface area contributed by atoms with Crippen LogP contribution in [0.5, 0.6) is 0 Å². The molecule has 0 bridgehead atoms. The molecule has 2 aromatic carbocycles. The molecule has 0 unspecified atom stereocenters. The molecule has 7 nitrogen and oxygen atoms in total. The first kappa shape index (κ1) is 17.5. The quantitative estimate of drug-likeness (QED) is 0.711. The Bertz CT molecular complexity index is 1090. The molecule has 25 heavy (non-hydrogen) atoms. The molecular formula is C15H13N3O4S3. The summed E-state index contributed by atoms with van der Waals surface area (Å²) in [5, 5.41) is 5.72. The maximum Gasteiger partial charge on any atom is 0.263 e. The first-order chi connectivity index (χ1) is 11.8. The van der Waals surface area contributed by atoms with E-state index in [9.17, 15) is 16.8 Å². The van der Waals surface area contributed by atoms with Crippen LogP contribution in [0.4, 0.5) is 5.69 Å². The monoisotopic (exact) mass is 395 g/mol. The van der Waals surface area contributed by atoms with Crippen molar-refractivity contribution in [3.63, 3.8) is 0 Å². The molecule has 0 radical (unpaired) electrons. The van der Waals surface area contributed by atoms with Crippen LogP contribution in [0.25, 0.3) is 11.3 Å². The summed E-state index contributed by atoms with van der Waals surface area (Å²) in [6.07, 6.45) is 0.970. The minimum atomic E-state index is -4.05. The van der Waals surface area contributed by atoms with Gasteiger partial charge in [0.05, 0.1) is 4.90 Å². The highest BCUT2D eigenvalue weighted by atomic mass is 32.2. The van der Waals surface area contributed by atoms with Gasteiger partial charge >= 0.3 is 0 Å². The first-order valence-corrected chi connectivity index (χ1v) is 11.2. The topological polar surface area (TPSA) is 106 Å². The Hall–Kier alpha value is -2.30. The molecule has 1 N–H and O–H groups in total. The van der Waals surface area contributed by atoms with E-state index in [1.165, 1.54) is 35.8 Å². The van der Waals surface area contributed by atoms with Crippen molar-refractivity contribution in [2.24, 2.45) is 0 Å². The average Bonchev–Trinajstić information content (AvgIpc) is 3.09. The maximum absolute atomic E-state index is 12.6. The largest absolute Gasteiger partial charge is 0.280 e. The maximum atomic E-state index is 12.6. The second-order valence-electron chi connectivity index (χ2n) is 5.19. The smallest absolute Gasteiger partial charge is 0.263 e. The number of anilines is 1. The van der Waals surface area contributed by atoms with Gasteiger partial charge in [-0.3, -0.25) is 4.72 Å². The lowest BCUT2D eigenvalue weighted by molar-refractivity contribution is 0.588. The van der Waals surface area contributed by atoms with Gasteiger partial charge in [-0.1, -0.05) is 28.8 Å². The summed E-state index contributed by atoms with van der Waals surface area (Å²) in [7, 11) is -7.73. The number of nitrogens with one attached hydrogen (secondary N) is 1. The van der Waals surface area contributed by atoms with Crippen molar-refractivity contribution in [3.05, 3.63) is 53.9 Å². The summed E-state index contributed by atoms with van der Waals surface area (Å²) in [4.78, 5) is -0.530. The lowest BCUT2D eigenvalue weighted by Crippen LogP contribution is -2.16. The van der Waals surface area contributed by atoms with Gasteiger partial charge in [0.15, 0.2) is 9.84 Å². The molecule has 0 saturated carbocycles. The third kappa shape index (κ3) is 3.86. The minimum absolute atomic E-state index is 0.243. The standard InChI is InChI=1S/C15H13N3O4S3/c1-24(19,20)14-4-2-3-5-15(14)25(21,22)17-12-8-6-11(7-9-12)13-10-23-18-16-13/h2-10,17H,1H3. The summed E-state index contributed by atoms with van der Waals surface area (Å²) in [5.74, 6) is 0. The predicted octanol–water partition coefficient (Wildman–Crippen LogP) is 2.41. The molecule has 10 heteroatoms. The van der Waals surface area contributed by atoms with Crippen LogP contribution in [-0.4, -0.2) is 32.7 Å². The van der Waals surface area contributed by atoms with Crippen LogP contribution in [0.2, 0.25) is 0 Å². The van der Waals surface area contributed by atoms with Crippen LogP contribution in [0.3, 0.4) is 0 Å². The molecule has 1 heterocycles. The summed E-state index contributed by atoms with van der Waals surface area (Å²) in [6, 6.07) is 12.0. The van der Waals surface area contributed by atoms with Gasteiger partial charge in [-0.15, -0.1) is 5.10 Å². The normalized spacial score (nSPS) is 12.0. The molecule has 0 fully saturated rings. The highest BCUT2D eigenvalue weighted by Crippen LogP contribution is 2.25. The Labute approximate surface area is 149 Å². The Morgan fingerprint density at radius 2 is 1.56 bits per heavy atom. The fraction of sp³-hybridized carbons (Fsp3) is 0.0667. The second kappa shape index (κ2) is 6.54. The average molecular weight is 395 g/mol. The van der Waals surface area contributed by atoms with Gasteiger partial charge in [0.1, 0.15) is 10.6 Å². The number of hydrogen-bond acceptors (Lipinski definition) is 7. The summed E-state index contributed by atoms with van der Waals surface area (Å²) < 4.78 is 55.0. The molecule has 3 rings (SSSR count). The number of rotatable bonds is 5. The van der Waals surface area contributed by atoms with E-state index in [1.54, 1.807) is 29.6 Å². The molecule has 3 aromatic rings. The molecule has 130 valence electrons. The molecule has 0 aliphatic carbocycles. The highest BCUT2D eigenvalue weighted by Gasteiger charge is 2.23. The van der Waals surface area contributed by atoms with E-state index in [-0.39, 0.29) is 9.79 Å². The number of nitrogens with zero attached hydrogens (tertiary/aromatic N) is 2. The first-order valence-electron chi connectivity index (χ1n) is 6.97. The van der Waals surface area contributed by atoms with E-state index >= 15 is 0 Å². The number of sulfonamides is 1. The third-order valence-electron chi connectivity index (χ3n) is 3.33. The molecule has 0 amide bonds. The van der Waals surface area contributed by atoms with Crippen molar-refractivity contribution in [3.8, 4) is 11.3 Å². The van der Waals surface area contributed by atoms with Crippen molar-refractivity contribution in [2.75, 3.05) is 11.0 Å². The minimum Gasteiger partial charge on any atom is -0.280 e. The van der Waals surface area contributed by atoms with Crippen molar-refractivity contribution in [1.82, 2.24) is 9.59 Å². The molecule has 0 atom stereocenters. The Balaban J connectivity index is 1.93. The Morgan fingerprint density at radius 3 is 2.12 bits per heavy atom. The lowest BCUT2D eigenvalue weighted by Gasteiger charge is -2.11. The number of hydrogen-bond donors (Lipinski definition) is 1. The van der Waals surface area contributed by atoms with Crippen LogP contribution >= 0.6 is 11.5 Å². The van der Waals surface area contributed by atoms with Crippen molar-refractivity contribution >= 4 is 37.1 Å². The van der Waals surface area contributed by atoms with E-state index in [2.05, 4.69) is 14.3 Å². The fourth-order valence-electron chi connectivity index (χ4n) is 2.19. The summed E-state index contributed by atoms with van der Waals surface area (Å²) >= 11 is 1.22. The second-order valence-corrected chi connectivity index (χ2v) is 9.44. The zero-order chi connectivity index (χ0) is 18.1. The SMILES string of the molecule is CS(=O)(=O)c1ccccc1S(=O)(=O)Nc1ccc(-c2csnn2)cc1. The van der Waals surface area contributed by atoms with Crippen molar-refractivity contribution < 1.29 is 16.8 Å². The van der Waals surface area contributed by atoms with E-state index in [0.717, 1.165) is 11.8 Å². The van der Waals surface area contributed by atoms with Crippen molar-refractivity contribution in [1.29, 1.82) is 0 Å². The Kier molecular flexibility index (Phi) is 4.58. The predicted molar refractivity (Wildman–Crippen MR) is 95.7 cm³/mol. The van der Waals surface area contributed by atoms with Crippen LogP contribution in [0, 0.1) is 0 Å². The summed E-state index contributed by atoms with van der Waals surface area (Å²) in [5.41, 5.74) is 1.81.